The molecule has 1 aromatic carbocycles. The molecule has 1 fully saturated rings. The van der Waals surface area contributed by atoms with Gasteiger partial charge < -0.3 is 19.7 Å². The molecule has 1 atom stereocenters. The Morgan fingerprint density at radius 2 is 2.18 bits per heavy atom. The number of hydrogen-bond donors (Lipinski definition) is 1. The Morgan fingerprint density at radius 1 is 1.33 bits per heavy atom. The van der Waals surface area contributed by atoms with Gasteiger partial charge in [0.15, 0.2) is 5.65 Å². The molecule has 0 spiro atoms. The van der Waals surface area contributed by atoms with Gasteiger partial charge in [0, 0.05) is 43.4 Å². The van der Waals surface area contributed by atoms with Gasteiger partial charge in [-0.2, -0.15) is 10.4 Å². The molecule has 2 aromatic heterocycles. The van der Waals surface area contributed by atoms with Gasteiger partial charge in [0.2, 0.25) is 0 Å². The molecule has 1 N–H and O–H groups in total. The molecule has 9 heteroatoms. The fraction of sp³-hybridized carbons (Fsp3) is 0.417. The van der Waals surface area contributed by atoms with E-state index in [0.29, 0.717) is 37.5 Å². The van der Waals surface area contributed by atoms with Gasteiger partial charge in [-0.25, -0.2) is 9.50 Å². The summed E-state index contributed by atoms with van der Waals surface area (Å²) in [5.74, 6) is 0.573. The van der Waals surface area contributed by atoms with Crippen LogP contribution in [0.1, 0.15) is 35.7 Å². The molecule has 2 aliphatic rings. The lowest BCUT2D eigenvalue weighted by molar-refractivity contribution is 0.102. The molecule has 1 amide bonds. The minimum atomic E-state index is -0.262. The van der Waals surface area contributed by atoms with E-state index in [1.165, 1.54) is 6.20 Å². The maximum Gasteiger partial charge on any atom is 0.261 e. The van der Waals surface area contributed by atoms with Crippen LogP contribution in [-0.4, -0.2) is 53.4 Å². The Kier molecular flexibility index (Phi) is 5.60. The number of rotatable bonds is 5. The fourth-order valence-electron chi connectivity index (χ4n) is 4.51. The third kappa shape index (κ3) is 4.22. The number of morpholine rings is 1. The van der Waals surface area contributed by atoms with Crippen LogP contribution in [0.25, 0.3) is 5.65 Å². The summed E-state index contributed by atoms with van der Waals surface area (Å²) in [5, 5.41) is 16.4. The molecule has 0 bridgehead atoms. The monoisotopic (exact) mass is 446 g/mol. The zero-order chi connectivity index (χ0) is 22.8. The summed E-state index contributed by atoms with van der Waals surface area (Å²) in [6, 6.07) is 8.05. The van der Waals surface area contributed by atoms with Gasteiger partial charge in [-0.05, 0) is 30.5 Å². The van der Waals surface area contributed by atoms with E-state index >= 15 is 0 Å². The van der Waals surface area contributed by atoms with Gasteiger partial charge in [-0.15, -0.1) is 0 Å². The largest absolute Gasteiger partial charge is 0.493 e. The predicted octanol–water partition coefficient (Wildman–Crippen LogP) is 3.06. The highest BCUT2D eigenvalue weighted by Crippen LogP contribution is 2.42. The molecule has 0 saturated carbocycles. The smallest absolute Gasteiger partial charge is 0.261 e. The van der Waals surface area contributed by atoms with Crippen molar-refractivity contribution in [3.63, 3.8) is 0 Å². The number of ether oxygens (including phenoxy) is 2. The second kappa shape index (κ2) is 8.71. The average molecular weight is 447 g/mol. The quantitative estimate of drug-likeness (QED) is 0.642. The average Bonchev–Trinajstić information content (AvgIpc) is 3.27. The third-order valence-electron chi connectivity index (χ3n) is 6.34. The SMILES string of the molecule is CC1(CCC#N)COc2cc(N3CCOCC3)c(NC(=O)c3cnn4cccnc34)cc2C1. The third-order valence-corrected chi connectivity index (χ3v) is 6.34. The van der Waals surface area contributed by atoms with Crippen LogP contribution >= 0.6 is 0 Å². The first-order valence-electron chi connectivity index (χ1n) is 11.2. The van der Waals surface area contributed by atoms with E-state index in [1.54, 1.807) is 23.0 Å². The van der Waals surface area contributed by atoms with Crippen molar-refractivity contribution < 1.29 is 14.3 Å². The molecule has 3 aromatic rings. The van der Waals surface area contributed by atoms with Crippen molar-refractivity contribution in [1.82, 2.24) is 14.6 Å². The lowest BCUT2D eigenvalue weighted by atomic mass is 9.78. The van der Waals surface area contributed by atoms with Gasteiger partial charge >= 0.3 is 0 Å². The van der Waals surface area contributed by atoms with E-state index in [-0.39, 0.29) is 11.3 Å². The number of carbonyl (C=O) groups is 1. The standard InChI is InChI=1S/C24H26N6O3/c1-24(4-2-5-25)14-17-12-19(20(13-21(17)33-16-24)29-8-10-32-11-9-29)28-23(31)18-15-27-30-7-3-6-26-22(18)30/h3,6-7,12-13,15H,2,4,8-11,14,16H2,1H3,(H,28,31). The van der Waals surface area contributed by atoms with Gasteiger partial charge in [0.05, 0.1) is 43.5 Å². The number of amides is 1. The molecule has 4 heterocycles. The summed E-state index contributed by atoms with van der Waals surface area (Å²) in [5.41, 5.74) is 3.48. The Labute approximate surface area is 191 Å². The summed E-state index contributed by atoms with van der Waals surface area (Å²) < 4.78 is 13.3. The number of nitrogens with one attached hydrogen (secondary N) is 1. The maximum absolute atomic E-state index is 13.2. The van der Waals surface area contributed by atoms with Crippen molar-refractivity contribution in [3.05, 3.63) is 47.9 Å². The summed E-state index contributed by atoms with van der Waals surface area (Å²) in [7, 11) is 0. The Balaban J connectivity index is 1.49. The minimum absolute atomic E-state index is 0.114. The number of fused-ring (bicyclic) bond motifs is 2. The van der Waals surface area contributed by atoms with Crippen molar-refractivity contribution >= 4 is 22.9 Å². The fourth-order valence-corrected chi connectivity index (χ4v) is 4.51. The van der Waals surface area contributed by atoms with Crippen molar-refractivity contribution in [2.24, 2.45) is 5.41 Å². The molecule has 5 rings (SSSR count). The van der Waals surface area contributed by atoms with E-state index in [1.807, 2.05) is 12.1 Å². The Morgan fingerprint density at radius 3 is 3.00 bits per heavy atom. The van der Waals surface area contributed by atoms with Gasteiger partial charge in [0.25, 0.3) is 5.91 Å². The van der Waals surface area contributed by atoms with Crippen LogP contribution in [0.2, 0.25) is 0 Å². The lowest BCUT2D eigenvalue weighted by Crippen LogP contribution is -2.37. The van der Waals surface area contributed by atoms with Crippen molar-refractivity contribution in [2.45, 2.75) is 26.2 Å². The highest BCUT2D eigenvalue weighted by atomic mass is 16.5. The Hall–Kier alpha value is -3.64. The Bertz CT molecular complexity index is 1230. The number of carbonyl (C=O) groups excluding carboxylic acids is 1. The molecular formula is C24H26N6O3. The first-order valence-corrected chi connectivity index (χ1v) is 11.2. The van der Waals surface area contributed by atoms with Crippen LogP contribution in [0.15, 0.2) is 36.8 Å². The molecule has 2 aliphatic heterocycles. The number of anilines is 2. The van der Waals surface area contributed by atoms with E-state index in [4.69, 9.17) is 14.7 Å². The second-order valence-corrected chi connectivity index (χ2v) is 8.91. The molecular weight excluding hydrogens is 420 g/mol. The number of hydrogen-bond acceptors (Lipinski definition) is 7. The summed E-state index contributed by atoms with van der Waals surface area (Å²) in [6.07, 6.45) is 6.99. The van der Waals surface area contributed by atoms with Gasteiger partial charge in [-0.1, -0.05) is 6.92 Å². The first-order chi connectivity index (χ1) is 16.1. The molecule has 33 heavy (non-hydrogen) atoms. The van der Waals surface area contributed by atoms with Crippen molar-refractivity contribution in [3.8, 4) is 11.8 Å². The molecule has 1 unspecified atom stereocenters. The summed E-state index contributed by atoms with van der Waals surface area (Å²) >= 11 is 0. The van der Waals surface area contributed by atoms with Crippen LogP contribution in [-0.2, 0) is 11.2 Å². The topological polar surface area (TPSA) is 105 Å². The van der Waals surface area contributed by atoms with Gasteiger partial charge in [0.1, 0.15) is 11.3 Å². The zero-order valence-electron chi connectivity index (χ0n) is 18.6. The number of benzene rings is 1. The van der Waals surface area contributed by atoms with Gasteiger partial charge in [-0.3, -0.25) is 4.79 Å². The van der Waals surface area contributed by atoms with Crippen molar-refractivity contribution in [1.29, 1.82) is 5.26 Å². The highest BCUT2D eigenvalue weighted by Gasteiger charge is 2.33. The van der Waals surface area contributed by atoms with Crippen LogP contribution in [0.4, 0.5) is 11.4 Å². The molecule has 1 saturated heterocycles. The molecule has 170 valence electrons. The minimum Gasteiger partial charge on any atom is -0.493 e. The van der Waals surface area contributed by atoms with E-state index in [2.05, 4.69) is 33.3 Å². The van der Waals surface area contributed by atoms with Crippen LogP contribution in [0.5, 0.6) is 5.75 Å². The molecule has 9 nitrogen and oxygen atoms in total. The van der Waals surface area contributed by atoms with Crippen molar-refractivity contribution in [2.75, 3.05) is 43.1 Å². The maximum atomic E-state index is 13.2. The molecule has 0 radical (unpaired) electrons. The van der Waals surface area contributed by atoms with Crippen LogP contribution in [0.3, 0.4) is 0 Å². The highest BCUT2D eigenvalue weighted by molar-refractivity contribution is 6.09. The van der Waals surface area contributed by atoms with E-state index < -0.39 is 0 Å². The summed E-state index contributed by atoms with van der Waals surface area (Å²) in [4.78, 5) is 19.8. The first kappa shape index (κ1) is 21.2. The molecule has 0 aliphatic carbocycles. The number of nitrogens with zero attached hydrogens (tertiary/aromatic N) is 5. The van der Waals surface area contributed by atoms with E-state index in [0.717, 1.165) is 48.6 Å². The van der Waals surface area contributed by atoms with E-state index in [9.17, 15) is 4.79 Å². The lowest BCUT2D eigenvalue weighted by Gasteiger charge is -2.36. The zero-order valence-corrected chi connectivity index (χ0v) is 18.6. The summed E-state index contributed by atoms with van der Waals surface area (Å²) in [6.45, 7) is 5.46. The van der Waals surface area contributed by atoms with Crippen LogP contribution in [0, 0.1) is 16.7 Å². The van der Waals surface area contributed by atoms with Crippen LogP contribution < -0.4 is 15.0 Å². The number of nitriles is 1. The second-order valence-electron chi connectivity index (χ2n) is 8.91. The predicted molar refractivity (Wildman–Crippen MR) is 123 cm³/mol. The normalized spacial score (nSPS) is 20.1. The number of aromatic nitrogens is 3.